The van der Waals surface area contributed by atoms with Gasteiger partial charge in [-0.25, -0.2) is 4.79 Å². The van der Waals surface area contributed by atoms with Crippen LogP contribution in [0.25, 0.3) is 0 Å². The summed E-state index contributed by atoms with van der Waals surface area (Å²) < 4.78 is 12.0. The van der Waals surface area contributed by atoms with E-state index in [2.05, 4.69) is 0 Å². The quantitative estimate of drug-likeness (QED) is 0.204. The van der Waals surface area contributed by atoms with E-state index in [9.17, 15) is 19.8 Å². The van der Waals surface area contributed by atoms with E-state index in [1.54, 1.807) is 6.07 Å². The summed E-state index contributed by atoms with van der Waals surface area (Å²) in [4.78, 5) is 24.1. The molecule has 0 atom stereocenters. The summed E-state index contributed by atoms with van der Waals surface area (Å²) >= 11 is 26.3. The Bertz CT molecular complexity index is 1430. The number of hydrogen-bond donors (Lipinski definition) is 3. The van der Waals surface area contributed by atoms with Crippen molar-refractivity contribution >= 4 is 58.3 Å². The summed E-state index contributed by atoms with van der Waals surface area (Å²) in [5.41, 5.74) is -0.149. The first kappa shape index (κ1) is 25.8. The second-order valence-corrected chi connectivity index (χ2v) is 10.3. The van der Waals surface area contributed by atoms with Crippen LogP contribution < -0.4 is 4.74 Å². The van der Waals surface area contributed by atoms with Crippen LogP contribution in [0.5, 0.6) is 23.0 Å². The molecule has 0 radical (unpaired) electrons. The van der Waals surface area contributed by atoms with Gasteiger partial charge in [0.1, 0.15) is 21.5 Å². The lowest BCUT2D eigenvalue weighted by molar-refractivity contribution is -0.137. The average molecular weight is 584 g/mol. The van der Waals surface area contributed by atoms with Crippen molar-refractivity contribution in [3.8, 4) is 23.0 Å². The number of fused-ring (bicyclic) bond motifs is 6. The number of hydrogen-bond acceptors (Lipinski definition) is 6. The van der Waals surface area contributed by atoms with Gasteiger partial charge in [0, 0.05) is 23.1 Å². The highest BCUT2D eigenvalue weighted by Gasteiger charge is 2.57. The van der Waals surface area contributed by atoms with Crippen molar-refractivity contribution in [3.05, 3.63) is 78.2 Å². The normalized spacial score (nSPS) is 14.5. The van der Waals surface area contributed by atoms with Crippen molar-refractivity contribution in [2.24, 2.45) is 0 Å². The highest BCUT2D eigenvalue weighted by molar-refractivity contribution is 6.38. The lowest BCUT2D eigenvalue weighted by Crippen LogP contribution is -2.33. The Morgan fingerprint density at radius 2 is 1.46 bits per heavy atom. The van der Waals surface area contributed by atoms with Crippen LogP contribution in [0.1, 0.15) is 58.3 Å². The smallest absolute Gasteiger partial charge is 0.341 e. The minimum atomic E-state index is -1.69. The number of carboxylic acids is 1. The minimum absolute atomic E-state index is 0.0198. The van der Waals surface area contributed by atoms with E-state index in [0.29, 0.717) is 31.2 Å². The SMILES string of the molecule is O=C(O)CCCCCc1cc(Cl)c2c(c1Cl)C1(OC2=O)c2ccc(O)c(Cl)c2Oc2c1ccc(O)c2Cl. The zero-order valence-electron chi connectivity index (χ0n) is 18.9. The monoisotopic (exact) mass is 582 g/mol. The van der Waals surface area contributed by atoms with Gasteiger partial charge in [0.25, 0.3) is 0 Å². The molecule has 5 rings (SSSR count). The van der Waals surface area contributed by atoms with Crippen LogP contribution in [-0.2, 0) is 21.6 Å². The Labute approximate surface area is 231 Å². The number of esters is 1. The maximum absolute atomic E-state index is 13.3. The summed E-state index contributed by atoms with van der Waals surface area (Å²) in [5, 5.41) is 29.4. The fourth-order valence-corrected chi connectivity index (χ4v) is 5.96. The van der Waals surface area contributed by atoms with Gasteiger partial charge in [-0.2, -0.15) is 0 Å². The minimum Gasteiger partial charge on any atom is -0.506 e. The number of benzene rings is 3. The van der Waals surface area contributed by atoms with E-state index >= 15 is 0 Å². The Morgan fingerprint density at radius 1 is 0.865 bits per heavy atom. The zero-order valence-corrected chi connectivity index (χ0v) is 21.9. The molecule has 2 heterocycles. The van der Waals surface area contributed by atoms with Crippen LogP contribution in [0.2, 0.25) is 20.1 Å². The maximum atomic E-state index is 13.3. The van der Waals surface area contributed by atoms with E-state index in [-0.39, 0.29) is 71.8 Å². The second-order valence-electron chi connectivity index (χ2n) is 8.76. The number of carbonyl (C=O) groups is 2. The van der Waals surface area contributed by atoms with E-state index in [0.717, 1.165) is 0 Å². The molecule has 11 heteroatoms. The molecule has 0 amide bonds. The zero-order chi connectivity index (χ0) is 26.6. The first-order valence-corrected chi connectivity index (χ1v) is 12.8. The number of carboxylic acid groups (broad SMARTS) is 1. The van der Waals surface area contributed by atoms with Crippen LogP contribution in [0.4, 0.5) is 0 Å². The topological polar surface area (TPSA) is 113 Å². The molecular weight excluding hydrogens is 566 g/mol. The van der Waals surface area contributed by atoms with Gasteiger partial charge in [-0.15, -0.1) is 0 Å². The van der Waals surface area contributed by atoms with Crippen LogP contribution in [-0.4, -0.2) is 27.3 Å². The molecule has 0 saturated carbocycles. The van der Waals surface area contributed by atoms with E-state index in [4.69, 9.17) is 61.0 Å². The molecule has 7 nitrogen and oxygen atoms in total. The molecule has 0 bridgehead atoms. The largest absolute Gasteiger partial charge is 0.506 e. The lowest BCUT2D eigenvalue weighted by Gasteiger charge is -2.37. The molecule has 2 aliphatic rings. The van der Waals surface area contributed by atoms with Gasteiger partial charge in [0.2, 0.25) is 0 Å². The molecule has 0 aliphatic carbocycles. The molecule has 3 aromatic carbocycles. The van der Waals surface area contributed by atoms with Gasteiger partial charge in [-0.05, 0) is 55.2 Å². The van der Waals surface area contributed by atoms with Gasteiger partial charge in [0.05, 0.1) is 15.6 Å². The fraction of sp³-hybridized carbons (Fsp3) is 0.231. The second kappa shape index (κ2) is 9.48. The summed E-state index contributed by atoms with van der Waals surface area (Å²) in [6, 6.07) is 7.30. The molecule has 3 aromatic rings. The van der Waals surface area contributed by atoms with Gasteiger partial charge in [-0.3, -0.25) is 4.79 Å². The molecule has 37 heavy (non-hydrogen) atoms. The first-order valence-electron chi connectivity index (χ1n) is 11.3. The van der Waals surface area contributed by atoms with Crippen molar-refractivity contribution in [3.63, 3.8) is 0 Å². The van der Waals surface area contributed by atoms with E-state index in [1.807, 2.05) is 0 Å². The first-order chi connectivity index (χ1) is 17.6. The number of aliphatic carboxylic acids is 1. The predicted octanol–water partition coefficient (Wildman–Crippen LogP) is 7.47. The van der Waals surface area contributed by atoms with Crippen LogP contribution in [0.3, 0.4) is 0 Å². The predicted molar refractivity (Wildman–Crippen MR) is 138 cm³/mol. The van der Waals surface area contributed by atoms with Gasteiger partial charge >= 0.3 is 11.9 Å². The highest BCUT2D eigenvalue weighted by atomic mass is 35.5. The third-order valence-electron chi connectivity index (χ3n) is 6.55. The number of halogens is 4. The Balaban J connectivity index is 1.74. The molecule has 0 saturated heterocycles. The lowest BCUT2D eigenvalue weighted by atomic mass is 9.76. The number of ether oxygens (including phenoxy) is 2. The number of unbranched alkanes of at least 4 members (excludes halogenated alkanes) is 2. The number of phenols is 2. The van der Waals surface area contributed by atoms with E-state index in [1.165, 1.54) is 24.3 Å². The molecule has 2 aliphatic heterocycles. The van der Waals surface area contributed by atoms with Crippen molar-refractivity contribution in [2.75, 3.05) is 0 Å². The highest BCUT2D eigenvalue weighted by Crippen LogP contribution is 2.62. The van der Waals surface area contributed by atoms with Crippen LogP contribution in [0, 0.1) is 0 Å². The fourth-order valence-electron chi connectivity index (χ4n) is 4.87. The molecular formula is C26H18Cl4O7. The third-order valence-corrected chi connectivity index (χ3v) is 8.01. The molecule has 0 unspecified atom stereocenters. The summed E-state index contributed by atoms with van der Waals surface area (Å²) in [6.07, 6.45) is 2.34. The third kappa shape index (κ3) is 3.96. The Hall–Kier alpha value is -2.84. The molecule has 3 N–H and O–H groups in total. The average Bonchev–Trinajstić information content (AvgIpc) is 3.15. The van der Waals surface area contributed by atoms with Crippen LogP contribution in [0.15, 0.2) is 30.3 Å². The van der Waals surface area contributed by atoms with Gasteiger partial charge in [-0.1, -0.05) is 52.8 Å². The number of rotatable bonds is 6. The summed E-state index contributed by atoms with van der Waals surface area (Å²) in [7, 11) is 0. The number of aryl methyl sites for hydroxylation is 1. The standard InChI is InChI=1S/C26H18Cl4O7/c27-14-10-11(4-2-1-3-5-17(33)34)20(28)19-18(14)25(35)37-26(19)12-6-8-15(31)21(29)23(12)36-24-13(26)7-9-16(32)22(24)30/h6-10,31-32H,1-5H2,(H,33,34). The maximum Gasteiger partial charge on any atom is 0.341 e. The molecule has 192 valence electrons. The van der Waals surface area contributed by atoms with Crippen LogP contribution >= 0.6 is 46.4 Å². The molecule has 0 aromatic heterocycles. The number of aromatic hydroxyl groups is 2. The number of phenolic OH excluding ortho intramolecular Hbond substituents is 2. The summed E-state index contributed by atoms with van der Waals surface area (Å²) in [5.74, 6) is -2.19. The summed E-state index contributed by atoms with van der Waals surface area (Å²) in [6.45, 7) is 0. The number of carbonyl (C=O) groups excluding carboxylic acids is 1. The van der Waals surface area contributed by atoms with Crippen molar-refractivity contribution in [1.82, 2.24) is 0 Å². The Morgan fingerprint density at radius 3 is 2.03 bits per heavy atom. The van der Waals surface area contributed by atoms with E-state index < -0.39 is 17.5 Å². The molecule has 1 spiro atoms. The van der Waals surface area contributed by atoms with Gasteiger partial charge < -0.3 is 24.8 Å². The van der Waals surface area contributed by atoms with Gasteiger partial charge in [0.15, 0.2) is 17.1 Å². The molecule has 0 fully saturated rings. The van der Waals surface area contributed by atoms with Crippen molar-refractivity contribution in [2.45, 2.75) is 37.7 Å². The van der Waals surface area contributed by atoms with Crippen molar-refractivity contribution in [1.29, 1.82) is 0 Å². The Kier molecular flexibility index (Phi) is 6.61. The van der Waals surface area contributed by atoms with Crippen molar-refractivity contribution < 1.29 is 34.4 Å².